The maximum Gasteiger partial charge on any atom is 0.346 e. The Morgan fingerprint density at radius 3 is 2.30 bits per heavy atom. The first-order valence-electron chi connectivity index (χ1n) is 3.03. The molecule has 4 heteroatoms. The number of hydrogen-bond acceptors (Lipinski definition) is 4. The molecule has 0 spiro atoms. The van der Waals surface area contributed by atoms with Gasteiger partial charge in [0.25, 0.3) is 0 Å². The van der Waals surface area contributed by atoms with Crippen molar-refractivity contribution in [2.45, 2.75) is 12.4 Å². The average molecular weight is 146 g/mol. The fraction of sp³-hybridized carbons (Fsp3) is 0.833. The molecule has 10 heavy (non-hydrogen) atoms. The first-order chi connectivity index (χ1) is 4.75. The van der Waals surface area contributed by atoms with Crippen LogP contribution in [0.4, 0.5) is 0 Å². The van der Waals surface area contributed by atoms with Crippen LogP contribution in [0.3, 0.4) is 0 Å². The molecule has 0 aliphatic carbocycles. The summed E-state index contributed by atoms with van der Waals surface area (Å²) in [6.45, 7) is 0.376. The lowest BCUT2D eigenvalue weighted by atomic mass is 10.3. The highest BCUT2D eigenvalue weighted by atomic mass is 16.9. The van der Waals surface area contributed by atoms with E-state index in [2.05, 4.69) is 0 Å². The van der Waals surface area contributed by atoms with Crippen LogP contribution in [0.15, 0.2) is 0 Å². The number of rotatable bonds is 2. The minimum absolute atomic E-state index is 0.155. The van der Waals surface area contributed by atoms with Gasteiger partial charge in [-0.25, -0.2) is 0 Å². The van der Waals surface area contributed by atoms with E-state index in [0.29, 0.717) is 13.0 Å². The lowest BCUT2D eigenvalue weighted by Gasteiger charge is -2.21. The standard InChI is InChI=1S/C6H10O4/c1-8-6(9-2)5(7)3-4-10-6/h3-4H2,1-2H3. The number of methoxy groups -OCH3 is 2. The number of Topliss-reactive ketones (excluding diaryl/α,β-unsaturated/α-hetero) is 1. The largest absolute Gasteiger partial charge is 0.346 e. The zero-order valence-electron chi connectivity index (χ0n) is 6.05. The zero-order valence-corrected chi connectivity index (χ0v) is 6.05. The molecule has 0 atom stereocenters. The van der Waals surface area contributed by atoms with E-state index in [9.17, 15) is 4.79 Å². The lowest BCUT2D eigenvalue weighted by molar-refractivity contribution is -0.318. The Morgan fingerprint density at radius 1 is 1.50 bits per heavy atom. The van der Waals surface area contributed by atoms with Crippen LogP contribution in [0.1, 0.15) is 6.42 Å². The van der Waals surface area contributed by atoms with Crippen molar-refractivity contribution in [1.29, 1.82) is 0 Å². The van der Waals surface area contributed by atoms with Gasteiger partial charge < -0.3 is 14.2 Å². The van der Waals surface area contributed by atoms with Crippen molar-refractivity contribution in [3.63, 3.8) is 0 Å². The highest BCUT2D eigenvalue weighted by Gasteiger charge is 2.44. The second-order valence-electron chi connectivity index (χ2n) is 1.99. The summed E-state index contributed by atoms with van der Waals surface area (Å²) >= 11 is 0. The van der Waals surface area contributed by atoms with E-state index in [4.69, 9.17) is 14.2 Å². The van der Waals surface area contributed by atoms with E-state index in [1.807, 2.05) is 0 Å². The van der Waals surface area contributed by atoms with Crippen LogP contribution in [0.25, 0.3) is 0 Å². The predicted molar refractivity (Wildman–Crippen MR) is 32.3 cm³/mol. The molecule has 1 aliphatic rings. The van der Waals surface area contributed by atoms with Gasteiger partial charge in [0.05, 0.1) is 6.61 Å². The van der Waals surface area contributed by atoms with E-state index in [0.717, 1.165) is 0 Å². The molecule has 1 rings (SSSR count). The Bertz CT molecular complexity index is 139. The van der Waals surface area contributed by atoms with Gasteiger partial charge in [-0.1, -0.05) is 0 Å². The van der Waals surface area contributed by atoms with Crippen molar-refractivity contribution in [2.75, 3.05) is 20.8 Å². The topological polar surface area (TPSA) is 44.8 Å². The SMILES string of the molecule is COC1(OC)OCCC1=O. The van der Waals surface area contributed by atoms with Crippen LogP contribution in [-0.2, 0) is 19.0 Å². The van der Waals surface area contributed by atoms with Gasteiger partial charge in [0, 0.05) is 20.6 Å². The summed E-state index contributed by atoms with van der Waals surface area (Å²) in [5, 5.41) is 0. The molecule has 0 aromatic rings. The molecule has 0 N–H and O–H groups in total. The highest BCUT2D eigenvalue weighted by molar-refractivity contribution is 5.86. The number of hydrogen-bond donors (Lipinski definition) is 0. The number of carbonyl (C=O) groups excluding carboxylic acids is 1. The van der Waals surface area contributed by atoms with Crippen molar-refractivity contribution in [1.82, 2.24) is 0 Å². The molecule has 0 saturated carbocycles. The fourth-order valence-electron chi connectivity index (χ4n) is 0.941. The smallest absolute Gasteiger partial charge is 0.325 e. The van der Waals surface area contributed by atoms with E-state index in [1.165, 1.54) is 14.2 Å². The first-order valence-corrected chi connectivity index (χ1v) is 3.03. The first kappa shape index (κ1) is 7.65. The quantitative estimate of drug-likeness (QED) is 0.511. The van der Waals surface area contributed by atoms with Crippen molar-refractivity contribution >= 4 is 5.78 Å². The zero-order chi connectivity index (χ0) is 7.61. The van der Waals surface area contributed by atoms with Gasteiger partial charge in [-0.3, -0.25) is 4.79 Å². The molecular formula is C6H10O4. The second kappa shape index (κ2) is 2.65. The number of ketones is 1. The van der Waals surface area contributed by atoms with Crippen molar-refractivity contribution in [3.8, 4) is 0 Å². The van der Waals surface area contributed by atoms with E-state index in [-0.39, 0.29) is 5.78 Å². The summed E-state index contributed by atoms with van der Waals surface area (Å²) in [5.74, 6) is -1.56. The van der Waals surface area contributed by atoms with E-state index >= 15 is 0 Å². The van der Waals surface area contributed by atoms with Gasteiger partial charge >= 0.3 is 5.97 Å². The van der Waals surface area contributed by atoms with Crippen LogP contribution in [0.5, 0.6) is 0 Å². The minimum Gasteiger partial charge on any atom is -0.325 e. The van der Waals surface area contributed by atoms with Gasteiger partial charge in [-0.05, 0) is 0 Å². The fourth-order valence-corrected chi connectivity index (χ4v) is 0.941. The Hall–Kier alpha value is -0.450. The normalized spacial score (nSPS) is 23.6. The lowest BCUT2D eigenvalue weighted by Crippen LogP contribution is -2.39. The minimum atomic E-state index is -1.40. The van der Waals surface area contributed by atoms with Crippen LogP contribution >= 0.6 is 0 Å². The molecule has 0 unspecified atom stereocenters. The molecule has 1 saturated heterocycles. The highest BCUT2D eigenvalue weighted by Crippen LogP contribution is 2.22. The predicted octanol–water partition coefficient (Wildman–Crippen LogP) is -0.0776. The summed E-state index contributed by atoms with van der Waals surface area (Å²) in [6, 6.07) is 0. The van der Waals surface area contributed by atoms with Crippen LogP contribution in [-0.4, -0.2) is 32.6 Å². The number of ether oxygens (including phenoxy) is 3. The summed E-state index contributed by atoms with van der Waals surface area (Å²) in [7, 11) is 2.76. The molecule has 0 aromatic carbocycles. The van der Waals surface area contributed by atoms with Gasteiger partial charge in [0.2, 0.25) is 5.78 Å². The molecule has 0 amide bonds. The summed E-state index contributed by atoms with van der Waals surface area (Å²) in [6.07, 6.45) is 0.363. The summed E-state index contributed by atoms with van der Waals surface area (Å²) in [4.78, 5) is 11.0. The Balaban J connectivity index is 2.71. The summed E-state index contributed by atoms with van der Waals surface area (Å²) in [5.41, 5.74) is 0. The molecule has 0 aromatic heterocycles. The van der Waals surface area contributed by atoms with Gasteiger partial charge in [0.1, 0.15) is 0 Å². The Morgan fingerprint density at radius 2 is 2.10 bits per heavy atom. The van der Waals surface area contributed by atoms with Crippen LogP contribution < -0.4 is 0 Å². The average Bonchev–Trinajstić information content (AvgIpc) is 2.32. The van der Waals surface area contributed by atoms with Crippen LogP contribution in [0.2, 0.25) is 0 Å². The van der Waals surface area contributed by atoms with Crippen molar-refractivity contribution in [3.05, 3.63) is 0 Å². The third kappa shape index (κ3) is 0.941. The maximum atomic E-state index is 11.0. The van der Waals surface area contributed by atoms with Crippen molar-refractivity contribution in [2.24, 2.45) is 0 Å². The Labute approximate surface area is 59.1 Å². The molecule has 0 bridgehead atoms. The molecule has 1 aliphatic heterocycles. The molecule has 58 valence electrons. The van der Waals surface area contributed by atoms with Gasteiger partial charge in [0.15, 0.2) is 0 Å². The molecular weight excluding hydrogens is 136 g/mol. The van der Waals surface area contributed by atoms with Crippen LogP contribution in [0, 0.1) is 0 Å². The van der Waals surface area contributed by atoms with Gasteiger partial charge in [-0.2, -0.15) is 0 Å². The molecule has 4 nitrogen and oxygen atoms in total. The van der Waals surface area contributed by atoms with Crippen molar-refractivity contribution < 1.29 is 19.0 Å². The Kier molecular flexibility index (Phi) is 2.03. The molecule has 1 fully saturated rings. The van der Waals surface area contributed by atoms with E-state index < -0.39 is 5.97 Å². The summed E-state index contributed by atoms with van der Waals surface area (Å²) < 4.78 is 14.5. The monoisotopic (exact) mass is 146 g/mol. The second-order valence-corrected chi connectivity index (χ2v) is 1.99. The third-order valence-electron chi connectivity index (χ3n) is 1.50. The maximum absolute atomic E-state index is 11.0. The molecule has 1 heterocycles. The molecule has 0 radical (unpaired) electrons. The van der Waals surface area contributed by atoms with Gasteiger partial charge in [-0.15, -0.1) is 0 Å². The van der Waals surface area contributed by atoms with E-state index in [1.54, 1.807) is 0 Å². The number of carbonyl (C=O) groups is 1. The third-order valence-corrected chi connectivity index (χ3v) is 1.50.